The normalized spacial score (nSPS) is 22.7. The molecule has 7 heteroatoms. The first-order valence-corrected chi connectivity index (χ1v) is 11.7. The number of nitrogens with one attached hydrogen (secondary N) is 2. The largest absolute Gasteiger partial charge is 0.345 e. The fraction of sp³-hybridized carbons (Fsp3) is 0.269. The van der Waals surface area contributed by atoms with Crippen LogP contribution in [0, 0.1) is 22.6 Å². The Morgan fingerprint density at radius 3 is 2.52 bits per heavy atom. The van der Waals surface area contributed by atoms with Gasteiger partial charge < -0.3 is 5.32 Å². The molecule has 1 aliphatic heterocycles. The molecule has 1 saturated heterocycles. The minimum absolute atomic E-state index is 0.0424. The van der Waals surface area contributed by atoms with Gasteiger partial charge in [0.1, 0.15) is 5.82 Å². The molecular weight excluding hydrogens is 435 g/mol. The molecule has 0 radical (unpaired) electrons. The van der Waals surface area contributed by atoms with Crippen molar-refractivity contribution < 1.29 is 9.18 Å². The van der Waals surface area contributed by atoms with Crippen LogP contribution in [0.5, 0.6) is 0 Å². The van der Waals surface area contributed by atoms with Gasteiger partial charge in [0.25, 0.3) is 0 Å². The molecule has 33 heavy (non-hydrogen) atoms. The number of thiophene rings is 1. The van der Waals surface area contributed by atoms with E-state index < -0.39 is 17.3 Å². The van der Waals surface area contributed by atoms with E-state index in [1.807, 2.05) is 37.3 Å². The highest BCUT2D eigenvalue weighted by molar-refractivity contribution is 7.15. The number of hydrogen-bond acceptors (Lipinski definition) is 4. The number of rotatable bonds is 4. The second-order valence-electron chi connectivity index (χ2n) is 8.95. The molecule has 2 aromatic carbocycles. The summed E-state index contributed by atoms with van der Waals surface area (Å²) in [6, 6.07) is 18.3. The fourth-order valence-corrected chi connectivity index (χ4v) is 5.70. The Morgan fingerprint density at radius 2 is 1.85 bits per heavy atom. The predicted molar refractivity (Wildman–Crippen MR) is 127 cm³/mol. The van der Waals surface area contributed by atoms with E-state index in [1.165, 1.54) is 46.8 Å². The van der Waals surface area contributed by atoms with Gasteiger partial charge in [-0.2, -0.15) is 5.26 Å². The van der Waals surface area contributed by atoms with Gasteiger partial charge in [0.05, 0.1) is 23.1 Å². The van der Waals surface area contributed by atoms with E-state index in [2.05, 4.69) is 17.4 Å². The molecule has 166 valence electrons. The van der Waals surface area contributed by atoms with Crippen molar-refractivity contribution in [2.24, 2.45) is 0 Å². The monoisotopic (exact) mass is 458 g/mol. The van der Waals surface area contributed by atoms with Gasteiger partial charge in [0, 0.05) is 16.8 Å². The van der Waals surface area contributed by atoms with Crippen LogP contribution in [0.25, 0.3) is 10.4 Å². The molecule has 2 atom stereocenters. The Labute approximate surface area is 196 Å². The van der Waals surface area contributed by atoms with Crippen LogP contribution in [0.1, 0.15) is 53.2 Å². The summed E-state index contributed by atoms with van der Waals surface area (Å²) in [7, 11) is 1.61. The summed E-state index contributed by atoms with van der Waals surface area (Å²) in [5, 5.41) is 20.8. The third-order valence-corrected chi connectivity index (χ3v) is 7.99. The van der Waals surface area contributed by atoms with Crippen LogP contribution in [0.4, 0.5) is 4.39 Å². The van der Waals surface area contributed by atoms with Gasteiger partial charge >= 0.3 is 0 Å². The van der Waals surface area contributed by atoms with Crippen molar-refractivity contribution in [3.63, 3.8) is 0 Å². The number of carbonyl (C=O) groups excluding carboxylic acids is 1. The number of hydrogen-bond donors (Lipinski definition) is 2. The van der Waals surface area contributed by atoms with E-state index in [0.29, 0.717) is 11.5 Å². The second kappa shape index (κ2) is 7.82. The Bertz CT molecular complexity index is 1300. The van der Waals surface area contributed by atoms with E-state index in [4.69, 9.17) is 5.41 Å². The molecule has 1 aromatic heterocycles. The van der Waals surface area contributed by atoms with Crippen molar-refractivity contribution in [1.29, 1.82) is 10.7 Å². The number of halogens is 1. The first-order valence-electron chi connectivity index (χ1n) is 10.9. The third kappa shape index (κ3) is 3.70. The Balaban J connectivity index is 1.57. The van der Waals surface area contributed by atoms with E-state index in [0.717, 1.165) is 15.3 Å². The maximum atomic E-state index is 14.0. The Morgan fingerprint density at radius 1 is 1.15 bits per heavy atom. The summed E-state index contributed by atoms with van der Waals surface area (Å²) in [6.45, 7) is 1.94. The quantitative estimate of drug-likeness (QED) is 0.557. The van der Waals surface area contributed by atoms with Crippen molar-refractivity contribution >= 4 is 23.2 Å². The molecular formula is C26H23FN4OS. The molecule has 1 saturated carbocycles. The van der Waals surface area contributed by atoms with Gasteiger partial charge in [-0.25, -0.2) is 4.39 Å². The average Bonchev–Trinajstić information content (AvgIpc) is 3.52. The molecule has 0 bridgehead atoms. The average molecular weight is 459 g/mol. The first-order chi connectivity index (χ1) is 15.8. The fourth-order valence-electron chi connectivity index (χ4n) is 4.58. The molecule has 2 fully saturated rings. The predicted octanol–water partition coefficient (Wildman–Crippen LogP) is 5.30. The van der Waals surface area contributed by atoms with E-state index >= 15 is 0 Å². The minimum atomic E-state index is -0.851. The zero-order chi connectivity index (χ0) is 23.3. The topological polar surface area (TPSA) is 80.0 Å². The molecule has 5 nitrogen and oxygen atoms in total. The lowest BCUT2D eigenvalue weighted by atomic mass is 9.76. The lowest BCUT2D eigenvalue weighted by Crippen LogP contribution is -2.62. The first kappa shape index (κ1) is 21.4. The lowest BCUT2D eigenvalue weighted by Gasteiger charge is -2.45. The van der Waals surface area contributed by atoms with Crippen molar-refractivity contribution in [3.05, 3.63) is 82.0 Å². The summed E-state index contributed by atoms with van der Waals surface area (Å²) in [5.74, 6) is -0.466. The standard InChI is InChI=1S/C26H23FN4OS/c1-26(22-10-9-21(33-22)19-11-15(14-28)12-20(27)13-19)23(24(32)31(2)25(29)30-26)18-7-5-17(6-8-18)16-3-4-16/h5-13,16,23H,3-4H2,1-2H3,(H2,29,30)/t23-,26?/m1/s1. The van der Waals surface area contributed by atoms with Crippen LogP contribution in [-0.2, 0) is 10.3 Å². The van der Waals surface area contributed by atoms with Crippen LogP contribution < -0.4 is 5.32 Å². The van der Waals surface area contributed by atoms with Crippen molar-refractivity contribution in [1.82, 2.24) is 10.2 Å². The van der Waals surface area contributed by atoms with E-state index in [-0.39, 0.29) is 17.4 Å². The Hall–Kier alpha value is -3.50. The van der Waals surface area contributed by atoms with Crippen LogP contribution in [0.2, 0.25) is 0 Å². The summed E-state index contributed by atoms with van der Waals surface area (Å²) < 4.78 is 14.0. The SMILES string of the molecule is CN1C(=N)NC(C)(c2ccc(-c3cc(F)cc(C#N)c3)s2)[C@H](c2ccc(C3CC3)cc2)C1=O. The highest BCUT2D eigenvalue weighted by Crippen LogP contribution is 2.46. The Kier molecular flexibility index (Phi) is 5.06. The van der Waals surface area contributed by atoms with Crippen LogP contribution in [0.15, 0.2) is 54.6 Å². The molecule has 3 aromatic rings. The molecule has 2 aliphatic rings. The highest BCUT2D eigenvalue weighted by Gasteiger charge is 2.49. The van der Waals surface area contributed by atoms with E-state index in [1.54, 1.807) is 13.1 Å². The number of guanidine groups is 1. The third-order valence-electron chi connectivity index (χ3n) is 6.62. The van der Waals surface area contributed by atoms with Gasteiger partial charge in [-0.3, -0.25) is 15.1 Å². The molecule has 2 heterocycles. The summed E-state index contributed by atoms with van der Waals surface area (Å²) >= 11 is 1.44. The molecule has 0 spiro atoms. The molecule has 1 unspecified atom stereocenters. The number of nitriles is 1. The summed E-state index contributed by atoms with van der Waals surface area (Å²) in [4.78, 5) is 16.4. The van der Waals surface area contributed by atoms with Crippen molar-refractivity contribution in [2.75, 3.05) is 7.05 Å². The zero-order valence-corrected chi connectivity index (χ0v) is 19.2. The van der Waals surface area contributed by atoms with Gasteiger partial charge in [0.15, 0.2) is 5.96 Å². The molecule has 5 rings (SSSR count). The minimum Gasteiger partial charge on any atom is -0.345 e. The molecule has 1 amide bonds. The molecule has 2 N–H and O–H groups in total. The van der Waals surface area contributed by atoms with Gasteiger partial charge in [-0.1, -0.05) is 24.3 Å². The number of benzene rings is 2. The van der Waals surface area contributed by atoms with Crippen LogP contribution >= 0.6 is 11.3 Å². The van der Waals surface area contributed by atoms with Crippen LogP contribution in [0.3, 0.4) is 0 Å². The molecule has 1 aliphatic carbocycles. The summed E-state index contributed by atoms with van der Waals surface area (Å²) in [5.41, 5.74) is 2.22. The number of nitrogens with zero attached hydrogens (tertiary/aromatic N) is 2. The number of amides is 1. The smallest absolute Gasteiger partial charge is 0.239 e. The number of carbonyl (C=O) groups is 1. The maximum Gasteiger partial charge on any atom is 0.239 e. The lowest BCUT2D eigenvalue weighted by molar-refractivity contribution is -0.131. The van der Waals surface area contributed by atoms with Crippen molar-refractivity contribution in [2.45, 2.75) is 37.1 Å². The van der Waals surface area contributed by atoms with Gasteiger partial charge in [0.2, 0.25) is 5.91 Å². The van der Waals surface area contributed by atoms with Gasteiger partial charge in [-0.15, -0.1) is 11.3 Å². The van der Waals surface area contributed by atoms with Crippen molar-refractivity contribution in [3.8, 4) is 16.5 Å². The highest BCUT2D eigenvalue weighted by atomic mass is 32.1. The second-order valence-corrected chi connectivity index (χ2v) is 10.0. The summed E-state index contributed by atoms with van der Waals surface area (Å²) in [6.07, 6.45) is 2.43. The van der Waals surface area contributed by atoms with E-state index in [9.17, 15) is 14.4 Å². The number of likely N-dealkylation sites (N-methyl/N-ethyl adjacent to an activating group) is 1. The maximum absolute atomic E-state index is 14.0. The van der Waals surface area contributed by atoms with Crippen LogP contribution in [-0.4, -0.2) is 23.8 Å². The zero-order valence-electron chi connectivity index (χ0n) is 18.4. The van der Waals surface area contributed by atoms with Gasteiger partial charge in [-0.05, 0) is 72.7 Å².